The Kier molecular flexibility index (Phi) is 5.44. The standard InChI is InChI=1S/C11H13BrN2O4/c1-3-18-11(16)14-13-6-7-4-8(12)10(15)9(5-7)17-2/h4-6,15H,3H2,1-2H3,(H,14,16). The maximum atomic E-state index is 11.0. The van der Waals surface area contributed by atoms with E-state index in [4.69, 9.17) is 4.74 Å². The molecule has 0 heterocycles. The monoisotopic (exact) mass is 316 g/mol. The van der Waals surface area contributed by atoms with Crippen LogP contribution in [0.5, 0.6) is 11.5 Å². The minimum Gasteiger partial charge on any atom is -0.503 e. The van der Waals surface area contributed by atoms with Gasteiger partial charge < -0.3 is 14.6 Å². The second kappa shape index (κ2) is 6.85. The number of phenols is 1. The highest BCUT2D eigenvalue weighted by atomic mass is 79.9. The number of methoxy groups -OCH3 is 1. The van der Waals surface area contributed by atoms with Crippen LogP contribution >= 0.6 is 15.9 Å². The SMILES string of the molecule is CCOC(=O)NN=Cc1cc(Br)c(O)c(OC)c1. The van der Waals surface area contributed by atoms with E-state index in [1.807, 2.05) is 0 Å². The van der Waals surface area contributed by atoms with E-state index >= 15 is 0 Å². The molecule has 1 aromatic rings. The molecule has 0 fully saturated rings. The van der Waals surface area contributed by atoms with Crippen molar-refractivity contribution in [3.63, 3.8) is 0 Å². The van der Waals surface area contributed by atoms with Gasteiger partial charge in [-0.25, -0.2) is 10.2 Å². The summed E-state index contributed by atoms with van der Waals surface area (Å²) in [5.41, 5.74) is 2.84. The van der Waals surface area contributed by atoms with Gasteiger partial charge in [-0.15, -0.1) is 0 Å². The molecule has 0 saturated carbocycles. The number of amides is 1. The molecular formula is C11H13BrN2O4. The van der Waals surface area contributed by atoms with Crippen LogP contribution in [-0.4, -0.2) is 31.1 Å². The van der Waals surface area contributed by atoms with Gasteiger partial charge in [-0.05, 0) is 40.5 Å². The van der Waals surface area contributed by atoms with Crippen LogP contribution in [0, 0.1) is 0 Å². The fourth-order valence-electron chi connectivity index (χ4n) is 1.15. The lowest BCUT2D eigenvalue weighted by Gasteiger charge is -2.06. The second-order valence-electron chi connectivity index (χ2n) is 3.14. The Hall–Kier alpha value is -1.76. The van der Waals surface area contributed by atoms with Crippen molar-refractivity contribution in [3.8, 4) is 11.5 Å². The van der Waals surface area contributed by atoms with Crippen molar-refractivity contribution < 1.29 is 19.4 Å². The van der Waals surface area contributed by atoms with Gasteiger partial charge >= 0.3 is 6.09 Å². The number of hydrogen-bond donors (Lipinski definition) is 2. The number of rotatable bonds is 4. The molecule has 0 saturated heterocycles. The normalized spacial score (nSPS) is 10.4. The van der Waals surface area contributed by atoms with Gasteiger partial charge in [0, 0.05) is 0 Å². The number of aromatic hydroxyl groups is 1. The summed E-state index contributed by atoms with van der Waals surface area (Å²) in [6, 6.07) is 3.21. The minimum absolute atomic E-state index is 0.00741. The van der Waals surface area contributed by atoms with E-state index in [1.54, 1.807) is 19.1 Å². The third-order valence-corrected chi connectivity index (χ3v) is 2.52. The molecule has 0 aliphatic heterocycles. The Morgan fingerprint density at radius 3 is 2.94 bits per heavy atom. The molecule has 0 atom stereocenters. The van der Waals surface area contributed by atoms with Crippen LogP contribution in [0.2, 0.25) is 0 Å². The highest BCUT2D eigenvalue weighted by Gasteiger charge is 2.07. The fraction of sp³-hybridized carbons (Fsp3) is 0.273. The largest absolute Gasteiger partial charge is 0.503 e. The van der Waals surface area contributed by atoms with Gasteiger partial charge in [-0.1, -0.05) is 0 Å². The van der Waals surface area contributed by atoms with Crippen LogP contribution in [0.15, 0.2) is 21.7 Å². The Labute approximate surface area is 113 Å². The summed E-state index contributed by atoms with van der Waals surface area (Å²) in [5, 5.41) is 13.3. The summed E-state index contributed by atoms with van der Waals surface area (Å²) in [7, 11) is 1.44. The van der Waals surface area contributed by atoms with E-state index in [0.717, 1.165) is 0 Å². The van der Waals surface area contributed by atoms with E-state index < -0.39 is 6.09 Å². The zero-order chi connectivity index (χ0) is 13.5. The van der Waals surface area contributed by atoms with Crippen molar-refractivity contribution in [2.24, 2.45) is 5.10 Å². The molecule has 0 spiro atoms. The molecule has 6 nitrogen and oxygen atoms in total. The first-order valence-electron chi connectivity index (χ1n) is 5.10. The lowest BCUT2D eigenvalue weighted by Crippen LogP contribution is -2.18. The van der Waals surface area contributed by atoms with Gasteiger partial charge in [0.2, 0.25) is 0 Å². The number of carbonyl (C=O) groups is 1. The van der Waals surface area contributed by atoms with Crippen molar-refractivity contribution in [1.29, 1.82) is 0 Å². The number of nitrogens with zero attached hydrogens (tertiary/aromatic N) is 1. The maximum absolute atomic E-state index is 11.0. The van der Waals surface area contributed by atoms with E-state index in [9.17, 15) is 9.90 Å². The van der Waals surface area contributed by atoms with Crippen LogP contribution in [-0.2, 0) is 4.74 Å². The topological polar surface area (TPSA) is 80.2 Å². The molecule has 98 valence electrons. The Morgan fingerprint density at radius 2 is 2.33 bits per heavy atom. The summed E-state index contributed by atoms with van der Waals surface area (Å²) < 4.78 is 10.1. The Balaban J connectivity index is 2.76. The number of phenolic OH excluding ortho intramolecular Hbond substituents is 1. The number of nitrogens with one attached hydrogen (secondary N) is 1. The number of halogens is 1. The second-order valence-corrected chi connectivity index (χ2v) is 4.00. The average Bonchev–Trinajstić information content (AvgIpc) is 2.33. The van der Waals surface area contributed by atoms with E-state index in [-0.39, 0.29) is 12.4 Å². The van der Waals surface area contributed by atoms with Gasteiger partial charge in [0.25, 0.3) is 0 Å². The summed E-state index contributed by atoms with van der Waals surface area (Å²) >= 11 is 3.18. The van der Waals surface area contributed by atoms with Crippen LogP contribution in [0.3, 0.4) is 0 Å². The summed E-state index contributed by atoms with van der Waals surface area (Å²) in [6.07, 6.45) is 0.780. The van der Waals surface area contributed by atoms with E-state index in [1.165, 1.54) is 13.3 Å². The number of carbonyl (C=O) groups excluding carboxylic acids is 1. The van der Waals surface area contributed by atoms with Gasteiger partial charge in [-0.3, -0.25) is 0 Å². The molecule has 0 aromatic heterocycles. The van der Waals surface area contributed by atoms with E-state index in [2.05, 4.69) is 31.2 Å². The first kappa shape index (κ1) is 14.3. The van der Waals surface area contributed by atoms with Crippen LogP contribution in [0.4, 0.5) is 4.79 Å². The summed E-state index contributed by atoms with van der Waals surface area (Å²) in [5.74, 6) is 0.315. The Bertz CT molecular complexity index is 463. The van der Waals surface area contributed by atoms with Crippen molar-refractivity contribution in [2.45, 2.75) is 6.92 Å². The molecule has 1 amide bonds. The smallest absolute Gasteiger partial charge is 0.427 e. The minimum atomic E-state index is -0.626. The quantitative estimate of drug-likeness (QED) is 0.659. The van der Waals surface area contributed by atoms with Crippen LogP contribution < -0.4 is 10.2 Å². The maximum Gasteiger partial charge on any atom is 0.427 e. The van der Waals surface area contributed by atoms with Crippen molar-refractivity contribution >= 4 is 28.2 Å². The molecule has 1 aromatic carbocycles. The molecule has 0 aliphatic carbocycles. The molecule has 0 radical (unpaired) electrons. The van der Waals surface area contributed by atoms with Gasteiger partial charge in [0.1, 0.15) is 0 Å². The number of hydrogen-bond acceptors (Lipinski definition) is 5. The molecule has 0 aliphatic rings. The molecule has 0 unspecified atom stereocenters. The number of benzene rings is 1. The highest BCUT2D eigenvalue weighted by molar-refractivity contribution is 9.10. The van der Waals surface area contributed by atoms with Gasteiger partial charge in [-0.2, -0.15) is 5.10 Å². The lowest BCUT2D eigenvalue weighted by atomic mass is 10.2. The zero-order valence-electron chi connectivity index (χ0n) is 9.94. The molecule has 7 heteroatoms. The summed E-state index contributed by atoms with van der Waals surface area (Å²) in [4.78, 5) is 11.0. The van der Waals surface area contributed by atoms with Crippen LogP contribution in [0.25, 0.3) is 0 Å². The fourth-order valence-corrected chi connectivity index (χ4v) is 1.61. The van der Waals surface area contributed by atoms with E-state index in [0.29, 0.717) is 15.8 Å². The molecule has 0 bridgehead atoms. The third kappa shape index (κ3) is 3.92. The first-order valence-corrected chi connectivity index (χ1v) is 5.90. The predicted molar refractivity (Wildman–Crippen MR) is 70.1 cm³/mol. The lowest BCUT2D eigenvalue weighted by molar-refractivity contribution is 0.152. The first-order chi connectivity index (χ1) is 8.58. The third-order valence-electron chi connectivity index (χ3n) is 1.92. The number of ether oxygens (including phenoxy) is 2. The van der Waals surface area contributed by atoms with Gasteiger partial charge in [0.15, 0.2) is 11.5 Å². The van der Waals surface area contributed by atoms with Crippen molar-refractivity contribution in [1.82, 2.24) is 5.43 Å². The summed E-state index contributed by atoms with van der Waals surface area (Å²) in [6.45, 7) is 1.98. The van der Waals surface area contributed by atoms with Crippen molar-refractivity contribution in [3.05, 3.63) is 22.2 Å². The zero-order valence-corrected chi connectivity index (χ0v) is 11.5. The average molecular weight is 317 g/mol. The number of hydrazone groups is 1. The predicted octanol–water partition coefficient (Wildman–Crippen LogP) is 2.24. The van der Waals surface area contributed by atoms with Crippen molar-refractivity contribution in [2.75, 3.05) is 13.7 Å². The Morgan fingerprint density at radius 1 is 1.61 bits per heavy atom. The highest BCUT2D eigenvalue weighted by Crippen LogP contribution is 2.34. The molecule has 18 heavy (non-hydrogen) atoms. The van der Waals surface area contributed by atoms with Crippen LogP contribution in [0.1, 0.15) is 12.5 Å². The molecular weight excluding hydrogens is 304 g/mol. The molecule has 1 rings (SSSR count). The molecule has 2 N–H and O–H groups in total. The van der Waals surface area contributed by atoms with Gasteiger partial charge in [0.05, 0.1) is 24.4 Å².